The number of rotatable bonds is 1. The van der Waals surface area contributed by atoms with Crippen LogP contribution in [0.5, 0.6) is 0 Å². The average molecular weight is 324 g/mol. The van der Waals surface area contributed by atoms with E-state index in [0.29, 0.717) is 4.90 Å². The maximum atomic E-state index is 12.0. The first kappa shape index (κ1) is 12.0. The summed E-state index contributed by atoms with van der Waals surface area (Å²) in [5, 5.41) is 0. The lowest BCUT2D eigenvalue weighted by molar-refractivity contribution is 0.560. The molecule has 0 fully saturated rings. The third-order valence-corrected chi connectivity index (χ3v) is 5.15. The smallest absolute Gasteiger partial charge is 0.183 e. The first-order valence-electron chi connectivity index (χ1n) is 4.25. The quantitative estimate of drug-likeness (QED) is 0.745. The largest absolute Gasteiger partial charge is 0.223 e. The lowest BCUT2D eigenvalue weighted by Crippen LogP contribution is -2.27. The second-order valence-electron chi connectivity index (χ2n) is 4.07. The Hall–Kier alpha value is -0.100. The topological polar surface area (TPSA) is 34.1 Å². The minimum atomic E-state index is -3.20. The highest BCUT2D eigenvalue weighted by atomic mass is 127. The summed E-state index contributed by atoms with van der Waals surface area (Å²) in [7, 11) is -3.20. The van der Waals surface area contributed by atoms with Crippen molar-refractivity contribution in [2.75, 3.05) is 0 Å². The molecule has 0 N–H and O–H groups in total. The van der Waals surface area contributed by atoms with Gasteiger partial charge in [-0.25, -0.2) is 8.42 Å². The van der Waals surface area contributed by atoms with E-state index in [2.05, 4.69) is 22.6 Å². The van der Waals surface area contributed by atoms with Gasteiger partial charge in [0.05, 0.1) is 9.64 Å². The molecule has 0 aliphatic heterocycles. The summed E-state index contributed by atoms with van der Waals surface area (Å²) in [6.45, 7) is 5.13. The van der Waals surface area contributed by atoms with Gasteiger partial charge in [-0.15, -0.1) is 0 Å². The first-order valence-corrected chi connectivity index (χ1v) is 6.81. The molecule has 1 aromatic carbocycles. The molecule has 0 aliphatic carbocycles. The van der Waals surface area contributed by atoms with E-state index in [-0.39, 0.29) is 0 Å². The first-order chi connectivity index (χ1) is 6.25. The average Bonchev–Trinajstić information content (AvgIpc) is 2.03. The van der Waals surface area contributed by atoms with Crippen molar-refractivity contribution in [3.05, 3.63) is 27.8 Å². The molecule has 0 saturated heterocycles. The van der Waals surface area contributed by atoms with Crippen LogP contribution in [0.1, 0.15) is 20.8 Å². The minimum absolute atomic E-state index is 0.394. The van der Waals surface area contributed by atoms with E-state index in [4.69, 9.17) is 0 Å². The highest BCUT2D eigenvalue weighted by molar-refractivity contribution is 14.1. The summed E-state index contributed by atoms with van der Waals surface area (Å²) < 4.78 is 24.2. The van der Waals surface area contributed by atoms with Gasteiger partial charge in [0.25, 0.3) is 0 Å². The van der Waals surface area contributed by atoms with E-state index >= 15 is 0 Å². The monoisotopic (exact) mass is 324 g/mol. The van der Waals surface area contributed by atoms with E-state index < -0.39 is 14.6 Å². The van der Waals surface area contributed by atoms with Crippen LogP contribution in [0.15, 0.2) is 29.2 Å². The van der Waals surface area contributed by atoms with Gasteiger partial charge in [-0.1, -0.05) is 0 Å². The molecule has 0 bridgehead atoms. The Balaban J connectivity index is 3.25. The van der Waals surface area contributed by atoms with Crippen LogP contribution in [0, 0.1) is 3.57 Å². The molecule has 0 heterocycles. The van der Waals surface area contributed by atoms with Crippen molar-refractivity contribution in [3.8, 4) is 0 Å². The molecule has 0 amide bonds. The lowest BCUT2D eigenvalue weighted by atomic mass is 10.3. The predicted molar refractivity (Wildman–Crippen MR) is 66.1 cm³/mol. The minimum Gasteiger partial charge on any atom is -0.223 e. The van der Waals surface area contributed by atoms with Gasteiger partial charge in [-0.3, -0.25) is 0 Å². The lowest BCUT2D eigenvalue weighted by Gasteiger charge is -2.19. The fourth-order valence-corrected chi connectivity index (χ4v) is 2.53. The third kappa shape index (κ3) is 2.28. The van der Waals surface area contributed by atoms with Crippen LogP contribution in [0.2, 0.25) is 0 Å². The summed E-state index contributed by atoms with van der Waals surface area (Å²) in [5.41, 5.74) is 0. The van der Waals surface area contributed by atoms with Crippen molar-refractivity contribution < 1.29 is 8.42 Å². The van der Waals surface area contributed by atoms with E-state index in [0.717, 1.165) is 3.57 Å². The van der Waals surface area contributed by atoms with E-state index in [1.54, 1.807) is 45.0 Å². The van der Waals surface area contributed by atoms with Crippen LogP contribution in [-0.2, 0) is 9.84 Å². The van der Waals surface area contributed by atoms with E-state index in [9.17, 15) is 8.42 Å². The fraction of sp³-hybridized carbons (Fsp3) is 0.400. The SMILES string of the molecule is CC(C)(C)S(=O)(=O)c1ccc(I)cc1. The van der Waals surface area contributed by atoms with Crippen LogP contribution in [0.25, 0.3) is 0 Å². The Kier molecular flexibility index (Phi) is 3.26. The number of hydrogen-bond acceptors (Lipinski definition) is 2. The molecule has 0 spiro atoms. The molecule has 1 rings (SSSR count). The summed E-state index contributed by atoms with van der Waals surface area (Å²) in [5.74, 6) is 0. The summed E-state index contributed by atoms with van der Waals surface area (Å²) in [6.07, 6.45) is 0. The van der Waals surface area contributed by atoms with Gasteiger partial charge in [0.2, 0.25) is 0 Å². The third-order valence-electron chi connectivity index (χ3n) is 1.93. The summed E-state index contributed by atoms with van der Waals surface area (Å²) in [6, 6.07) is 6.92. The Morgan fingerprint density at radius 1 is 1.07 bits per heavy atom. The fourth-order valence-electron chi connectivity index (χ4n) is 0.967. The van der Waals surface area contributed by atoms with Crippen molar-refractivity contribution in [1.82, 2.24) is 0 Å². The Bertz CT molecular complexity index is 412. The standard InChI is InChI=1S/C10H13IO2S/c1-10(2,3)14(12,13)9-6-4-8(11)5-7-9/h4-7H,1-3H3. The van der Waals surface area contributed by atoms with Gasteiger partial charge in [0.1, 0.15) is 0 Å². The van der Waals surface area contributed by atoms with Gasteiger partial charge in [-0.05, 0) is 67.6 Å². The van der Waals surface area contributed by atoms with Crippen LogP contribution in [0.3, 0.4) is 0 Å². The highest BCUT2D eigenvalue weighted by Crippen LogP contribution is 2.24. The van der Waals surface area contributed by atoms with Crippen molar-refractivity contribution in [2.45, 2.75) is 30.4 Å². The van der Waals surface area contributed by atoms with Gasteiger partial charge in [0, 0.05) is 3.57 Å². The number of halogens is 1. The highest BCUT2D eigenvalue weighted by Gasteiger charge is 2.30. The maximum Gasteiger partial charge on any atom is 0.183 e. The van der Waals surface area contributed by atoms with Gasteiger partial charge < -0.3 is 0 Å². The number of sulfone groups is 1. The molecule has 0 atom stereocenters. The van der Waals surface area contributed by atoms with Crippen LogP contribution in [0.4, 0.5) is 0 Å². The zero-order valence-corrected chi connectivity index (χ0v) is 11.4. The Labute approximate surface area is 98.8 Å². The van der Waals surface area contributed by atoms with Crippen molar-refractivity contribution in [2.24, 2.45) is 0 Å². The van der Waals surface area contributed by atoms with Crippen LogP contribution < -0.4 is 0 Å². The molecule has 2 nitrogen and oxygen atoms in total. The van der Waals surface area contributed by atoms with Crippen LogP contribution >= 0.6 is 22.6 Å². The molecule has 4 heteroatoms. The van der Waals surface area contributed by atoms with E-state index in [1.807, 2.05) is 0 Å². The van der Waals surface area contributed by atoms with Crippen molar-refractivity contribution in [3.63, 3.8) is 0 Å². The second-order valence-corrected chi connectivity index (χ2v) is 8.02. The van der Waals surface area contributed by atoms with Gasteiger partial charge in [-0.2, -0.15) is 0 Å². The molecule has 0 unspecified atom stereocenters. The molecule has 14 heavy (non-hydrogen) atoms. The molecule has 0 aromatic heterocycles. The molecule has 1 aromatic rings. The second kappa shape index (κ2) is 3.81. The zero-order valence-electron chi connectivity index (χ0n) is 8.41. The number of benzene rings is 1. The molecular formula is C10H13IO2S. The van der Waals surface area contributed by atoms with Crippen molar-refractivity contribution in [1.29, 1.82) is 0 Å². The summed E-state index contributed by atoms with van der Waals surface area (Å²) in [4.78, 5) is 0.394. The zero-order chi connectivity index (χ0) is 11.0. The number of hydrogen-bond donors (Lipinski definition) is 0. The van der Waals surface area contributed by atoms with Crippen LogP contribution in [-0.4, -0.2) is 13.2 Å². The molecule has 78 valence electrons. The molecular weight excluding hydrogens is 311 g/mol. The molecule has 0 aliphatic rings. The van der Waals surface area contributed by atoms with Gasteiger partial charge in [0.15, 0.2) is 9.84 Å². The predicted octanol–water partition coefficient (Wildman–Crippen LogP) is 2.86. The van der Waals surface area contributed by atoms with Crippen molar-refractivity contribution >= 4 is 32.4 Å². The summed E-state index contributed by atoms with van der Waals surface area (Å²) >= 11 is 2.15. The maximum absolute atomic E-state index is 12.0. The van der Waals surface area contributed by atoms with Gasteiger partial charge >= 0.3 is 0 Å². The Morgan fingerprint density at radius 3 is 1.86 bits per heavy atom. The van der Waals surface area contributed by atoms with E-state index in [1.165, 1.54) is 0 Å². The Morgan fingerprint density at radius 2 is 1.50 bits per heavy atom. The molecule has 0 saturated carbocycles. The molecule has 0 radical (unpaired) electrons. The normalized spacial score (nSPS) is 12.9.